The Kier molecular flexibility index (Phi) is 6.76. The fourth-order valence-corrected chi connectivity index (χ4v) is 3.81. The van der Waals surface area contributed by atoms with Gasteiger partial charge in [-0.2, -0.15) is 0 Å². The topological polar surface area (TPSA) is 82.7 Å². The van der Waals surface area contributed by atoms with Crippen LogP contribution in [0.4, 0.5) is 0 Å². The first-order chi connectivity index (χ1) is 14.2. The molecule has 2 atom stereocenters. The first kappa shape index (κ1) is 20.3. The molecule has 0 spiro atoms. The minimum atomic E-state index is -0.205. The largest absolute Gasteiger partial charge is 0.376 e. The third-order valence-electron chi connectivity index (χ3n) is 5.00. The predicted molar refractivity (Wildman–Crippen MR) is 110 cm³/mol. The summed E-state index contributed by atoms with van der Waals surface area (Å²) in [5.74, 6) is 0.738. The van der Waals surface area contributed by atoms with Crippen molar-refractivity contribution in [2.45, 2.75) is 44.5 Å². The number of hydrogen-bond acceptors (Lipinski definition) is 6. The maximum absolute atomic E-state index is 6.28. The molecule has 1 aliphatic heterocycles. The summed E-state index contributed by atoms with van der Waals surface area (Å²) >= 11 is 12.4. The second-order valence-corrected chi connectivity index (χ2v) is 7.88. The van der Waals surface area contributed by atoms with Crippen LogP contribution in [-0.4, -0.2) is 49.0 Å². The van der Waals surface area contributed by atoms with Crippen molar-refractivity contribution in [3.8, 4) is 0 Å². The number of aromatic nitrogens is 6. The van der Waals surface area contributed by atoms with E-state index in [9.17, 15) is 0 Å². The first-order valence-electron chi connectivity index (χ1n) is 9.72. The molecule has 1 fully saturated rings. The van der Waals surface area contributed by atoms with E-state index in [1.807, 2.05) is 29.3 Å². The van der Waals surface area contributed by atoms with Crippen molar-refractivity contribution in [3.05, 3.63) is 58.4 Å². The first-order valence-corrected chi connectivity index (χ1v) is 10.5. The van der Waals surface area contributed by atoms with Gasteiger partial charge in [-0.15, -0.1) is 5.10 Å². The van der Waals surface area contributed by atoms with E-state index in [2.05, 4.69) is 30.4 Å². The fraction of sp³-hybridized carbons (Fsp3) is 0.474. The molecular weight excluding hydrogens is 413 g/mol. The highest BCUT2D eigenvalue weighted by Crippen LogP contribution is 2.28. The van der Waals surface area contributed by atoms with Crippen LogP contribution >= 0.6 is 23.2 Å². The Balaban J connectivity index is 1.51. The molecule has 3 aromatic rings. The molecule has 1 aromatic carbocycles. The van der Waals surface area contributed by atoms with Crippen molar-refractivity contribution in [2.75, 3.05) is 13.2 Å². The number of hydrogen-bond donors (Lipinski definition) is 1. The van der Waals surface area contributed by atoms with Crippen molar-refractivity contribution in [1.82, 2.24) is 35.1 Å². The van der Waals surface area contributed by atoms with Gasteiger partial charge in [-0.3, -0.25) is 0 Å². The molecule has 4 rings (SSSR count). The van der Waals surface area contributed by atoms with E-state index in [4.69, 9.17) is 27.9 Å². The van der Waals surface area contributed by atoms with Crippen molar-refractivity contribution in [1.29, 1.82) is 0 Å². The number of nitrogens with one attached hydrogen (secondary N) is 1. The van der Waals surface area contributed by atoms with Crippen LogP contribution in [0.25, 0.3) is 0 Å². The lowest BCUT2D eigenvalue weighted by Gasteiger charge is -2.20. The average molecular weight is 436 g/mol. The summed E-state index contributed by atoms with van der Waals surface area (Å²) in [4.78, 5) is 4.08. The van der Waals surface area contributed by atoms with Gasteiger partial charge in [0.2, 0.25) is 0 Å². The highest BCUT2D eigenvalue weighted by Gasteiger charge is 2.24. The third kappa shape index (κ3) is 5.14. The van der Waals surface area contributed by atoms with Crippen molar-refractivity contribution in [3.63, 3.8) is 0 Å². The van der Waals surface area contributed by atoms with Gasteiger partial charge >= 0.3 is 0 Å². The zero-order chi connectivity index (χ0) is 20.1. The van der Waals surface area contributed by atoms with Gasteiger partial charge in [0.15, 0.2) is 5.82 Å². The van der Waals surface area contributed by atoms with Crippen LogP contribution < -0.4 is 5.32 Å². The Hall–Kier alpha value is -2.00. The number of tetrazole rings is 1. The molecule has 0 saturated carbocycles. The molecule has 0 amide bonds. The Bertz CT molecular complexity index is 909. The van der Waals surface area contributed by atoms with Crippen LogP contribution in [0.15, 0.2) is 36.9 Å². The molecule has 0 radical (unpaired) electrons. The van der Waals surface area contributed by atoms with Gasteiger partial charge in [0.25, 0.3) is 0 Å². The Morgan fingerprint density at radius 3 is 2.97 bits per heavy atom. The Morgan fingerprint density at radius 1 is 1.28 bits per heavy atom. The van der Waals surface area contributed by atoms with Gasteiger partial charge in [-0.05, 0) is 53.9 Å². The van der Waals surface area contributed by atoms with Crippen molar-refractivity contribution >= 4 is 23.2 Å². The van der Waals surface area contributed by atoms with Gasteiger partial charge < -0.3 is 14.6 Å². The number of aryl methyl sites for hydroxylation is 1. The maximum atomic E-state index is 6.28. The zero-order valence-electron chi connectivity index (χ0n) is 15.9. The zero-order valence-corrected chi connectivity index (χ0v) is 17.4. The van der Waals surface area contributed by atoms with E-state index >= 15 is 0 Å². The summed E-state index contributed by atoms with van der Waals surface area (Å²) in [6, 6.07) is 5.41. The standard InChI is InChI=1S/C19H23Cl2N7O/c20-16-5-4-14(11-17(16)21)18(23-6-2-8-27-9-7-22-13-27)19-24-25-26-28(19)12-15-3-1-10-29-15/h4-5,7,9,11,13,15,18,23H,1-3,6,8,10,12H2. The number of imidazole rings is 1. The lowest BCUT2D eigenvalue weighted by Crippen LogP contribution is -2.29. The number of ether oxygens (including phenoxy) is 1. The lowest BCUT2D eigenvalue weighted by atomic mass is 10.1. The molecule has 10 heteroatoms. The number of halogens is 2. The number of nitrogens with zero attached hydrogens (tertiary/aromatic N) is 6. The van der Waals surface area contributed by atoms with E-state index in [1.165, 1.54) is 0 Å². The van der Waals surface area contributed by atoms with Crippen LogP contribution in [0, 0.1) is 0 Å². The summed E-state index contributed by atoms with van der Waals surface area (Å²) in [7, 11) is 0. The van der Waals surface area contributed by atoms with Crippen molar-refractivity contribution in [2.24, 2.45) is 0 Å². The van der Waals surface area contributed by atoms with Crippen LogP contribution in [0.1, 0.15) is 36.7 Å². The van der Waals surface area contributed by atoms with E-state index in [0.717, 1.165) is 50.3 Å². The number of rotatable bonds is 9. The molecular formula is C19H23Cl2N7O. The lowest BCUT2D eigenvalue weighted by molar-refractivity contribution is 0.0923. The molecule has 8 nitrogen and oxygen atoms in total. The maximum Gasteiger partial charge on any atom is 0.172 e. The summed E-state index contributed by atoms with van der Waals surface area (Å²) in [6.45, 7) is 3.08. The second kappa shape index (κ2) is 9.67. The molecule has 3 heterocycles. The van der Waals surface area contributed by atoms with Crippen LogP contribution in [0.2, 0.25) is 10.0 Å². The van der Waals surface area contributed by atoms with Crippen LogP contribution in [0.5, 0.6) is 0 Å². The summed E-state index contributed by atoms with van der Waals surface area (Å²) in [6.07, 6.45) is 8.73. The van der Waals surface area contributed by atoms with Crippen LogP contribution in [-0.2, 0) is 17.8 Å². The van der Waals surface area contributed by atoms with Crippen LogP contribution in [0.3, 0.4) is 0 Å². The highest BCUT2D eigenvalue weighted by atomic mass is 35.5. The molecule has 154 valence electrons. The summed E-state index contributed by atoms with van der Waals surface area (Å²) < 4.78 is 9.64. The quantitative estimate of drug-likeness (QED) is 0.519. The fourth-order valence-electron chi connectivity index (χ4n) is 3.51. The van der Waals surface area contributed by atoms with Crippen molar-refractivity contribution < 1.29 is 4.74 Å². The second-order valence-electron chi connectivity index (χ2n) is 7.07. The van der Waals surface area contributed by atoms with E-state index < -0.39 is 0 Å². The molecule has 1 saturated heterocycles. The molecule has 1 N–H and O–H groups in total. The third-order valence-corrected chi connectivity index (χ3v) is 5.74. The van der Waals surface area contributed by atoms with E-state index in [1.54, 1.807) is 12.3 Å². The van der Waals surface area contributed by atoms with Gasteiger partial charge in [0.05, 0.1) is 35.1 Å². The minimum Gasteiger partial charge on any atom is -0.376 e. The minimum absolute atomic E-state index is 0.146. The van der Waals surface area contributed by atoms with Gasteiger partial charge in [0, 0.05) is 25.5 Å². The van der Waals surface area contributed by atoms with Gasteiger partial charge in [0.1, 0.15) is 0 Å². The molecule has 0 bridgehead atoms. The average Bonchev–Trinajstić information content (AvgIpc) is 3.48. The molecule has 1 aliphatic rings. The SMILES string of the molecule is Clc1ccc(C(NCCCn2ccnc2)c2nnnn2CC2CCCO2)cc1Cl. The summed E-state index contributed by atoms with van der Waals surface area (Å²) in [5, 5.41) is 17.0. The molecule has 2 aromatic heterocycles. The van der Waals surface area contributed by atoms with E-state index in [-0.39, 0.29) is 12.1 Å². The highest BCUT2D eigenvalue weighted by molar-refractivity contribution is 6.42. The summed E-state index contributed by atoms with van der Waals surface area (Å²) in [5.41, 5.74) is 0.963. The Labute approximate surface area is 179 Å². The monoisotopic (exact) mass is 435 g/mol. The predicted octanol–water partition coefficient (Wildman–Crippen LogP) is 3.12. The molecule has 29 heavy (non-hydrogen) atoms. The number of benzene rings is 1. The smallest absolute Gasteiger partial charge is 0.172 e. The Morgan fingerprint density at radius 2 is 2.21 bits per heavy atom. The molecule has 0 aliphatic carbocycles. The molecule has 2 unspecified atom stereocenters. The van der Waals surface area contributed by atoms with Gasteiger partial charge in [-0.25, -0.2) is 9.67 Å². The van der Waals surface area contributed by atoms with E-state index in [0.29, 0.717) is 16.6 Å². The normalized spacial score (nSPS) is 17.7. The van der Waals surface area contributed by atoms with Gasteiger partial charge in [-0.1, -0.05) is 29.3 Å².